The van der Waals surface area contributed by atoms with Crippen LogP contribution in [0.4, 0.5) is 0 Å². The lowest BCUT2D eigenvalue weighted by Gasteiger charge is -2.22. The maximum absolute atomic E-state index is 12.7. The van der Waals surface area contributed by atoms with Crippen molar-refractivity contribution in [3.05, 3.63) is 102 Å². The smallest absolute Gasteiger partial charge is 0.341 e. The molecule has 0 saturated carbocycles. The number of nitrogens with two attached hydrogens (primary N) is 2. The van der Waals surface area contributed by atoms with E-state index in [9.17, 15) is 4.79 Å². The molecular weight excluding hydrogens is 382 g/mol. The molecule has 5 N–H and O–H groups in total. The summed E-state index contributed by atoms with van der Waals surface area (Å²) >= 11 is 0. The lowest BCUT2D eigenvalue weighted by atomic mass is 10.0. The molecule has 0 spiro atoms. The van der Waals surface area contributed by atoms with Crippen LogP contribution in [0, 0.1) is 5.41 Å². The van der Waals surface area contributed by atoms with Crippen LogP contribution in [0.25, 0.3) is 0 Å². The highest BCUT2D eigenvalue weighted by atomic mass is 16.7. The van der Waals surface area contributed by atoms with Gasteiger partial charge in [-0.25, -0.2) is 10.7 Å². The molecule has 0 aliphatic carbocycles. The van der Waals surface area contributed by atoms with Gasteiger partial charge in [0.25, 0.3) is 0 Å². The largest absolute Gasteiger partial charge is 0.490 e. The zero-order valence-corrected chi connectivity index (χ0v) is 16.2. The van der Waals surface area contributed by atoms with E-state index < -0.39 is 18.2 Å². The van der Waals surface area contributed by atoms with E-state index in [1.807, 2.05) is 60.7 Å². The van der Waals surface area contributed by atoms with E-state index in [0.717, 1.165) is 11.1 Å². The van der Waals surface area contributed by atoms with Crippen molar-refractivity contribution in [2.75, 3.05) is 6.61 Å². The second kappa shape index (κ2) is 10.2. The standard InChI is InChI=1S/C23H23N3O4/c24-22(25)18-11-13-19(14-12-18)28-15-20(30-26)23(27)29-21(16-7-3-1-4-8-16)17-9-5-2-6-10-17/h1-14,20-21H,15,26H2,(H3,24,25)/t20-/m0/s1. The summed E-state index contributed by atoms with van der Waals surface area (Å²) in [6.45, 7) is -0.134. The van der Waals surface area contributed by atoms with Crippen LogP contribution in [-0.2, 0) is 14.4 Å². The number of hydrogen-bond acceptors (Lipinski definition) is 6. The summed E-state index contributed by atoms with van der Waals surface area (Å²) in [6.07, 6.45) is -1.72. The molecule has 0 unspecified atom stereocenters. The second-order valence-corrected chi connectivity index (χ2v) is 6.51. The molecule has 0 saturated heterocycles. The molecule has 0 radical (unpaired) electrons. The molecule has 3 rings (SSSR count). The number of carbonyl (C=O) groups is 1. The van der Waals surface area contributed by atoms with Gasteiger partial charge in [0.2, 0.25) is 6.10 Å². The first-order valence-electron chi connectivity index (χ1n) is 9.31. The van der Waals surface area contributed by atoms with E-state index in [1.54, 1.807) is 24.3 Å². The Morgan fingerprint density at radius 2 is 1.40 bits per heavy atom. The predicted molar refractivity (Wildman–Crippen MR) is 113 cm³/mol. The van der Waals surface area contributed by atoms with Gasteiger partial charge in [-0.1, -0.05) is 60.7 Å². The van der Waals surface area contributed by atoms with Crippen LogP contribution < -0.4 is 16.4 Å². The maximum Gasteiger partial charge on any atom is 0.341 e. The van der Waals surface area contributed by atoms with E-state index in [2.05, 4.69) is 0 Å². The molecule has 0 aliphatic rings. The Kier molecular flexibility index (Phi) is 7.15. The zero-order valence-electron chi connectivity index (χ0n) is 16.2. The number of esters is 1. The summed E-state index contributed by atoms with van der Waals surface area (Å²) in [5, 5.41) is 7.41. The van der Waals surface area contributed by atoms with Gasteiger partial charge in [0.15, 0.2) is 6.10 Å². The van der Waals surface area contributed by atoms with Crippen molar-refractivity contribution in [2.45, 2.75) is 12.2 Å². The van der Waals surface area contributed by atoms with Gasteiger partial charge >= 0.3 is 5.97 Å². The summed E-state index contributed by atoms with van der Waals surface area (Å²) in [6, 6.07) is 25.4. The van der Waals surface area contributed by atoms with Gasteiger partial charge in [-0.15, -0.1) is 0 Å². The molecule has 0 amide bonds. The van der Waals surface area contributed by atoms with Crippen LogP contribution in [0.5, 0.6) is 5.75 Å². The molecule has 0 heterocycles. The van der Waals surface area contributed by atoms with Crippen LogP contribution in [0.15, 0.2) is 84.9 Å². The molecule has 3 aromatic carbocycles. The molecule has 0 aliphatic heterocycles. The fourth-order valence-corrected chi connectivity index (χ4v) is 2.84. The Morgan fingerprint density at radius 1 is 0.867 bits per heavy atom. The number of hydrogen-bond donors (Lipinski definition) is 3. The summed E-state index contributed by atoms with van der Waals surface area (Å²) in [5.41, 5.74) is 7.66. The van der Waals surface area contributed by atoms with Crippen LogP contribution >= 0.6 is 0 Å². The summed E-state index contributed by atoms with van der Waals surface area (Å²) in [4.78, 5) is 17.6. The SMILES string of the molecule is N=C(N)c1ccc(OC[C@H](ON)C(=O)OC(c2ccccc2)c2ccccc2)cc1. The highest BCUT2D eigenvalue weighted by Gasteiger charge is 2.27. The first-order valence-corrected chi connectivity index (χ1v) is 9.31. The van der Waals surface area contributed by atoms with Crippen LogP contribution in [0.2, 0.25) is 0 Å². The van der Waals surface area contributed by atoms with Crippen LogP contribution in [-0.4, -0.2) is 24.5 Å². The van der Waals surface area contributed by atoms with Gasteiger partial charge in [0.1, 0.15) is 18.2 Å². The Hall–Kier alpha value is -3.68. The quantitative estimate of drug-likeness (QED) is 0.218. The van der Waals surface area contributed by atoms with Gasteiger partial charge in [0.05, 0.1) is 0 Å². The lowest BCUT2D eigenvalue weighted by molar-refractivity contribution is -0.163. The Labute approximate surface area is 174 Å². The van der Waals surface area contributed by atoms with Crippen molar-refractivity contribution in [1.29, 1.82) is 5.41 Å². The molecule has 3 aromatic rings. The van der Waals surface area contributed by atoms with Crippen molar-refractivity contribution >= 4 is 11.8 Å². The molecule has 7 heteroatoms. The summed E-state index contributed by atoms with van der Waals surface area (Å²) < 4.78 is 11.3. The van der Waals surface area contributed by atoms with Crippen molar-refractivity contribution in [3.63, 3.8) is 0 Å². The van der Waals surface area contributed by atoms with Crippen molar-refractivity contribution in [3.8, 4) is 5.75 Å². The lowest BCUT2D eigenvalue weighted by Crippen LogP contribution is -2.35. The number of amidine groups is 1. The number of ether oxygens (including phenoxy) is 2. The topological polar surface area (TPSA) is 121 Å². The molecule has 30 heavy (non-hydrogen) atoms. The van der Waals surface area contributed by atoms with Gasteiger partial charge in [-0.05, 0) is 35.4 Å². The monoisotopic (exact) mass is 405 g/mol. The van der Waals surface area contributed by atoms with E-state index in [4.69, 9.17) is 31.4 Å². The third-order valence-corrected chi connectivity index (χ3v) is 4.43. The average molecular weight is 405 g/mol. The highest BCUT2D eigenvalue weighted by molar-refractivity contribution is 5.94. The van der Waals surface area contributed by atoms with Crippen LogP contribution in [0.3, 0.4) is 0 Å². The first kappa shape index (κ1) is 21.0. The molecule has 0 fully saturated rings. The number of nitrogen functional groups attached to an aromatic ring is 1. The Bertz CT molecular complexity index is 923. The second-order valence-electron chi connectivity index (χ2n) is 6.51. The average Bonchev–Trinajstić information content (AvgIpc) is 2.79. The van der Waals surface area contributed by atoms with Gasteiger partial charge in [0, 0.05) is 5.56 Å². The van der Waals surface area contributed by atoms with Crippen molar-refractivity contribution in [1.82, 2.24) is 0 Å². The fourth-order valence-electron chi connectivity index (χ4n) is 2.84. The minimum Gasteiger partial charge on any atom is -0.490 e. The van der Waals surface area contributed by atoms with E-state index in [1.165, 1.54) is 0 Å². The van der Waals surface area contributed by atoms with Crippen molar-refractivity contribution < 1.29 is 19.1 Å². The first-order chi connectivity index (χ1) is 14.6. The fraction of sp³-hybridized carbons (Fsp3) is 0.130. The minimum absolute atomic E-state index is 0.0406. The molecule has 7 nitrogen and oxygen atoms in total. The van der Waals surface area contributed by atoms with Gasteiger partial charge < -0.3 is 15.2 Å². The van der Waals surface area contributed by atoms with E-state index in [-0.39, 0.29) is 12.4 Å². The molecule has 0 aromatic heterocycles. The minimum atomic E-state index is -1.12. The molecule has 1 atom stereocenters. The zero-order chi connectivity index (χ0) is 21.3. The Balaban J connectivity index is 1.69. The summed E-state index contributed by atoms with van der Waals surface area (Å²) in [5.74, 6) is 5.13. The van der Waals surface area contributed by atoms with Gasteiger partial charge in [-0.3, -0.25) is 10.2 Å². The third-order valence-electron chi connectivity index (χ3n) is 4.43. The third kappa shape index (κ3) is 5.44. The summed E-state index contributed by atoms with van der Waals surface area (Å²) in [7, 11) is 0. The predicted octanol–water partition coefficient (Wildman–Crippen LogP) is 2.94. The number of benzene rings is 3. The highest BCUT2D eigenvalue weighted by Crippen LogP contribution is 2.26. The molecular formula is C23H23N3O4. The van der Waals surface area contributed by atoms with Crippen molar-refractivity contribution in [2.24, 2.45) is 11.6 Å². The van der Waals surface area contributed by atoms with E-state index in [0.29, 0.717) is 11.3 Å². The number of carbonyl (C=O) groups excluding carboxylic acids is 1. The van der Waals surface area contributed by atoms with Gasteiger partial charge in [-0.2, -0.15) is 0 Å². The maximum atomic E-state index is 12.7. The normalized spacial score (nSPS) is 11.7. The number of rotatable bonds is 9. The van der Waals surface area contributed by atoms with E-state index >= 15 is 0 Å². The molecule has 154 valence electrons. The molecule has 0 bridgehead atoms. The Morgan fingerprint density at radius 3 is 1.87 bits per heavy atom. The number of nitrogens with one attached hydrogen (secondary N) is 1. The van der Waals surface area contributed by atoms with Crippen LogP contribution in [0.1, 0.15) is 22.8 Å².